The number of benzene rings is 1. The molecule has 0 radical (unpaired) electrons. The first-order valence-electron chi connectivity index (χ1n) is 5.86. The largest absolute Gasteiger partial charge is 0.409 e. The van der Waals surface area contributed by atoms with Gasteiger partial charge < -0.3 is 15.8 Å². The van der Waals surface area contributed by atoms with Gasteiger partial charge in [-0.05, 0) is 37.6 Å². The first kappa shape index (κ1) is 15.3. The van der Waals surface area contributed by atoms with Crippen molar-refractivity contribution in [3.63, 3.8) is 0 Å². The van der Waals surface area contributed by atoms with Crippen molar-refractivity contribution in [2.24, 2.45) is 10.9 Å². The summed E-state index contributed by atoms with van der Waals surface area (Å²) in [6.07, 6.45) is 0.311. The maximum atomic E-state index is 12.3. The number of oxime groups is 1. The van der Waals surface area contributed by atoms with Gasteiger partial charge in [0.2, 0.25) is 0 Å². The lowest BCUT2D eigenvalue weighted by molar-refractivity contribution is 0.0747. The summed E-state index contributed by atoms with van der Waals surface area (Å²) in [5, 5.41) is 12.1. The molecule has 1 aromatic rings. The van der Waals surface area contributed by atoms with Crippen LogP contribution in [0.15, 0.2) is 23.4 Å². The van der Waals surface area contributed by atoms with E-state index in [1.807, 2.05) is 13.8 Å². The minimum Gasteiger partial charge on any atom is -0.409 e. The van der Waals surface area contributed by atoms with E-state index in [9.17, 15) is 4.79 Å². The van der Waals surface area contributed by atoms with Crippen molar-refractivity contribution in [2.45, 2.75) is 26.3 Å². The zero-order valence-electron chi connectivity index (χ0n) is 11.2. The Balaban J connectivity index is 2.84. The van der Waals surface area contributed by atoms with Gasteiger partial charge in [-0.25, -0.2) is 0 Å². The second-order valence-electron chi connectivity index (χ2n) is 4.52. The normalized spacial score (nSPS) is 13.2. The zero-order valence-corrected chi connectivity index (χ0v) is 12.0. The zero-order chi connectivity index (χ0) is 14.6. The summed E-state index contributed by atoms with van der Waals surface area (Å²) in [5.74, 6) is -0.0301. The average Bonchev–Trinajstić information content (AvgIpc) is 2.39. The Morgan fingerprint density at radius 1 is 1.58 bits per heavy atom. The number of amidine groups is 1. The second kappa shape index (κ2) is 6.43. The molecule has 0 bridgehead atoms. The van der Waals surface area contributed by atoms with E-state index >= 15 is 0 Å². The molecule has 1 aromatic carbocycles. The van der Waals surface area contributed by atoms with Gasteiger partial charge in [0.15, 0.2) is 0 Å². The molecule has 19 heavy (non-hydrogen) atoms. The number of rotatable bonds is 4. The fraction of sp³-hybridized carbons (Fsp3) is 0.385. The Morgan fingerprint density at radius 2 is 2.21 bits per heavy atom. The molecule has 0 spiro atoms. The van der Waals surface area contributed by atoms with Crippen LogP contribution in [0.3, 0.4) is 0 Å². The number of halogens is 1. The van der Waals surface area contributed by atoms with Crippen LogP contribution in [0.1, 0.15) is 29.3 Å². The van der Waals surface area contributed by atoms with Crippen LogP contribution >= 0.6 is 11.6 Å². The predicted octanol–water partition coefficient (Wildman–Crippen LogP) is 2.25. The first-order valence-corrected chi connectivity index (χ1v) is 6.24. The van der Waals surface area contributed by atoms with Crippen molar-refractivity contribution < 1.29 is 10.0 Å². The van der Waals surface area contributed by atoms with Gasteiger partial charge >= 0.3 is 0 Å². The highest BCUT2D eigenvalue weighted by Gasteiger charge is 2.19. The predicted molar refractivity (Wildman–Crippen MR) is 75.8 cm³/mol. The van der Waals surface area contributed by atoms with Crippen LogP contribution in [0.4, 0.5) is 0 Å². The smallest absolute Gasteiger partial charge is 0.253 e. The molecule has 0 aliphatic carbocycles. The third-order valence-electron chi connectivity index (χ3n) is 3.02. The van der Waals surface area contributed by atoms with Crippen LogP contribution in [-0.2, 0) is 0 Å². The van der Waals surface area contributed by atoms with E-state index in [4.69, 9.17) is 22.5 Å². The molecule has 0 fully saturated rings. The van der Waals surface area contributed by atoms with Crippen LogP contribution in [0.2, 0.25) is 5.02 Å². The molecule has 104 valence electrons. The van der Waals surface area contributed by atoms with Gasteiger partial charge in [0.25, 0.3) is 5.91 Å². The molecule has 0 aliphatic heterocycles. The molecule has 6 heteroatoms. The van der Waals surface area contributed by atoms with Gasteiger partial charge in [-0.3, -0.25) is 4.79 Å². The van der Waals surface area contributed by atoms with Crippen LogP contribution in [-0.4, -0.2) is 34.9 Å². The van der Waals surface area contributed by atoms with Gasteiger partial charge in [0, 0.05) is 30.1 Å². The van der Waals surface area contributed by atoms with Crippen molar-refractivity contribution in [3.05, 3.63) is 34.3 Å². The number of hydrogen-bond acceptors (Lipinski definition) is 3. The number of amides is 1. The molecule has 0 saturated heterocycles. The maximum absolute atomic E-state index is 12.3. The number of nitrogens with two attached hydrogens (primary N) is 1. The number of carbonyl (C=O) groups excluding carboxylic acids is 1. The number of aryl methyl sites for hydroxylation is 1. The lowest BCUT2D eigenvalue weighted by Gasteiger charge is -2.24. The average molecular weight is 284 g/mol. The lowest BCUT2D eigenvalue weighted by atomic mass is 10.1. The molecule has 1 atom stereocenters. The number of hydrogen-bond donors (Lipinski definition) is 2. The standard InChI is InChI=1S/C13H18ClN3O2/c1-8-6-10(4-5-11(8)14)13(18)17(3)9(2)7-12(15)16-19/h4-6,9,19H,7H2,1-3H3,(H2,15,16). The van der Waals surface area contributed by atoms with Crippen LogP contribution in [0.5, 0.6) is 0 Å². The van der Waals surface area contributed by atoms with E-state index in [1.54, 1.807) is 30.1 Å². The highest BCUT2D eigenvalue weighted by molar-refractivity contribution is 6.31. The van der Waals surface area contributed by atoms with Crippen LogP contribution < -0.4 is 5.73 Å². The molecule has 1 amide bonds. The van der Waals surface area contributed by atoms with E-state index in [1.165, 1.54) is 0 Å². The molecular weight excluding hydrogens is 266 g/mol. The van der Waals surface area contributed by atoms with Gasteiger partial charge in [-0.15, -0.1) is 0 Å². The Morgan fingerprint density at radius 3 is 2.74 bits per heavy atom. The van der Waals surface area contributed by atoms with Gasteiger partial charge in [-0.2, -0.15) is 0 Å². The van der Waals surface area contributed by atoms with Crippen molar-refractivity contribution in [1.82, 2.24) is 4.90 Å². The second-order valence-corrected chi connectivity index (χ2v) is 4.93. The molecule has 1 rings (SSSR count). The molecule has 5 nitrogen and oxygen atoms in total. The van der Waals surface area contributed by atoms with Crippen molar-refractivity contribution in [2.75, 3.05) is 7.05 Å². The van der Waals surface area contributed by atoms with E-state index < -0.39 is 0 Å². The van der Waals surface area contributed by atoms with Gasteiger partial charge in [0.05, 0.1) is 0 Å². The third-order valence-corrected chi connectivity index (χ3v) is 3.44. The number of carbonyl (C=O) groups is 1. The topological polar surface area (TPSA) is 78.9 Å². The molecule has 1 unspecified atom stereocenters. The highest BCUT2D eigenvalue weighted by Crippen LogP contribution is 2.18. The molecule has 0 aliphatic rings. The summed E-state index contributed by atoms with van der Waals surface area (Å²) >= 11 is 5.93. The molecule has 0 heterocycles. The van der Waals surface area contributed by atoms with Crippen molar-refractivity contribution in [3.8, 4) is 0 Å². The lowest BCUT2D eigenvalue weighted by Crippen LogP contribution is -2.37. The summed E-state index contributed by atoms with van der Waals surface area (Å²) in [7, 11) is 1.68. The fourth-order valence-corrected chi connectivity index (χ4v) is 1.78. The summed E-state index contributed by atoms with van der Waals surface area (Å²) in [5.41, 5.74) is 6.86. The quantitative estimate of drug-likeness (QED) is 0.385. The van der Waals surface area contributed by atoms with Crippen molar-refractivity contribution >= 4 is 23.3 Å². The number of nitrogens with zero attached hydrogens (tertiary/aromatic N) is 2. The van der Waals surface area contributed by atoms with E-state index in [0.717, 1.165) is 5.56 Å². The van der Waals surface area contributed by atoms with Crippen LogP contribution in [0.25, 0.3) is 0 Å². The monoisotopic (exact) mass is 283 g/mol. The molecular formula is C13H18ClN3O2. The Bertz CT molecular complexity index is 503. The SMILES string of the molecule is Cc1cc(C(=O)N(C)C(C)C/C(N)=N/O)ccc1Cl. The molecule has 0 aromatic heterocycles. The minimum atomic E-state index is -0.167. The molecule has 0 saturated carbocycles. The summed E-state index contributed by atoms with van der Waals surface area (Å²) in [6, 6.07) is 4.97. The van der Waals surface area contributed by atoms with E-state index in [0.29, 0.717) is 17.0 Å². The summed E-state index contributed by atoms with van der Waals surface area (Å²) < 4.78 is 0. The van der Waals surface area contributed by atoms with Crippen LogP contribution in [0, 0.1) is 6.92 Å². The summed E-state index contributed by atoms with van der Waals surface area (Å²) in [6.45, 7) is 3.68. The van der Waals surface area contributed by atoms with E-state index in [2.05, 4.69) is 5.16 Å². The Hall–Kier alpha value is -1.75. The van der Waals surface area contributed by atoms with Crippen molar-refractivity contribution in [1.29, 1.82) is 0 Å². The molecule has 3 N–H and O–H groups in total. The third kappa shape index (κ3) is 3.86. The fourth-order valence-electron chi connectivity index (χ4n) is 1.66. The highest BCUT2D eigenvalue weighted by atomic mass is 35.5. The Labute approximate surface area is 117 Å². The first-order chi connectivity index (χ1) is 8.86. The van der Waals surface area contributed by atoms with Gasteiger partial charge in [0.1, 0.15) is 5.84 Å². The minimum absolute atomic E-state index is 0.0967. The van der Waals surface area contributed by atoms with Gasteiger partial charge in [-0.1, -0.05) is 16.8 Å². The summed E-state index contributed by atoms with van der Waals surface area (Å²) in [4.78, 5) is 13.8. The maximum Gasteiger partial charge on any atom is 0.253 e. The Kier molecular flexibility index (Phi) is 5.18. The van der Waals surface area contributed by atoms with E-state index in [-0.39, 0.29) is 17.8 Å².